The van der Waals surface area contributed by atoms with Crippen molar-refractivity contribution in [1.82, 2.24) is 4.90 Å². The number of aliphatic hydroxyl groups is 1. The first-order valence-electron chi connectivity index (χ1n) is 6.44. The van der Waals surface area contributed by atoms with Gasteiger partial charge in [-0.3, -0.25) is 14.4 Å². The van der Waals surface area contributed by atoms with Crippen LogP contribution in [0.2, 0.25) is 0 Å². The monoisotopic (exact) mass is 307 g/mol. The second kappa shape index (κ2) is 5.97. The van der Waals surface area contributed by atoms with Gasteiger partial charge in [0.05, 0.1) is 18.7 Å². The number of esters is 1. The fraction of sp³-hybridized carbons (Fsp3) is 0.267. The molecule has 1 aromatic rings. The Hall–Kier alpha value is -2.70. The Morgan fingerprint density at radius 1 is 1.36 bits per heavy atom. The quantitative estimate of drug-likeness (QED) is 0.847. The summed E-state index contributed by atoms with van der Waals surface area (Å²) in [5.74, 6) is -3.66. The Morgan fingerprint density at radius 2 is 2.00 bits per heavy atom. The smallest absolute Gasteiger partial charge is 0.325 e. The molecule has 1 N–H and O–H groups in total. The van der Waals surface area contributed by atoms with Crippen LogP contribution in [0.25, 0.3) is 0 Å². The predicted octanol–water partition coefficient (Wildman–Crippen LogP) is 1.28. The van der Waals surface area contributed by atoms with Crippen LogP contribution < -0.4 is 0 Å². The third-order valence-electron chi connectivity index (χ3n) is 3.41. The Bertz CT molecular complexity index is 682. The summed E-state index contributed by atoms with van der Waals surface area (Å²) >= 11 is 0. The molecule has 1 aliphatic heterocycles. The van der Waals surface area contributed by atoms with Gasteiger partial charge in [0.2, 0.25) is 0 Å². The van der Waals surface area contributed by atoms with E-state index in [-0.39, 0.29) is 11.1 Å². The number of ether oxygens (including phenoxy) is 1. The Morgan fingerprint density at radius 3 is 2.55 bits per heavy atom. The lowest BCUT2D eigenvalue weighted by atomic mass is 9.96. The van der Waals surface area contributed by atoms with Crippen molar-refractivity contribution in [2.75, 3.05) is 13.7 Å². The number of carbonyl (C=O) groups is 3. The average molecular weight is 307 g/mol. The summed E-state index contributed by atoms with van der Waals surface area (Å²) in [6, 6.07) is 4.39. The maximum atomic E-state index is 14.1. The standard InChI is InChI=1S/C15H14FNO5/c1-8(18)12-13(9-5-3-4-6-10(9)16)17(7-11(19)22-2)15(21)14(12)20/h3-6,13,20H,7H2,1-2H3. The topological polar surface area (TPSA) is 83.9 Å². The molecular formula is C15H14FNO5. The highest BCUT2D eigenvalue weighted by Crippen LogP contribution is 2.38. The second-order valence-electron chi connectivity index (χ2n) is 4.75. The van der Waals surface area contributed by atoms with E-state index < -0.39 is 41.8 Å². The minimum Gasteiger partial charge on any atom is -0.503 e. The molecule has 1 heterocycles. The minimum atomic E-state index is -1.16. The van der Waals surface area contributed by atoms with Crippen molar-refractivity contribution in [3.8, 4) is 0 Å². The summed E-state index contributed by atoms with van der Waals surface area (Å²) < 4.78 is 18.5. The molecule has 0 saturated carbocycles. The third-order valence-corrected chi connectivity index (χ3v) is 3.41. The van der Waals surface area contributed by atoms with Gasteiger partial charge in [0.15, 0.2) is 11.5 Å². The van der Waals surface area contributed by atoms with Crippen molar-refractivity contribution in [2.45, 2.75) is 13.0 Å². The maximum absolute atomic E-state index is 14.1. The van der Waals surface area contributed by atoms with Gasteiger partial charge in [0.25, 0.3) is 5.91 Å². The largest absolute Gasteiger partial charge is 0.503 e. The van der Waals surface area contributed by atoms with Crippen LogP contribution in [0.15, 0.2) is 35.6 Å². The van der Waals surface area contributed by atoms with Crippen molar-refractivity contribution >= 4 is 17.7 Å². The summed E-state index contributed by atoms with van der Waals surface area (Å²) in [4.78, 5) is 36.2. The van der Waals surface area contributed by atoms with Gasteiger partial charge in [-0.25, -0.2) is 4.39 Å². The molecule has 22 heavy (non-hydrogen) atoms. The molecule has 0 aromatic heterocycles. The second-order valence-corrected chi connectivity index (χ2v) is 4.75. The lowest BCUT2D eigenvalue weighted by molar-refractivity contribution is -0.146. The lowest BCUT2D eigenvalue weighted by Gasteiger charge is -2.25. The van der Waals surface area contributed by atoms with Crippen molar-refractivity contribution in [1.29, 1.82) is 0 Å². The highest BCUT2D eigenvalue weighted by molar-refractivity contribution is 6.08. The number of carbonyl (C=O) groups excluding carboxylic acids is 3. The van der Waals surface area contributed by atoms with Gasteiger partial charge >= 0.3 is 5.97 Å². The SMILES string of the molecule is COC(=O)CN1C(=O)C(O)=C(C(C)=O)C1c1ccccc1F. The van der Waals surface area contributed by atoms with Gasteiger partial charge in [-0.2, -0.15) is 0 Å². The van der Waals surface area contributed by atoms with Crippen LogP contribution in [0.4, 0.5) is 4.39 Å². The van der Waals surface area contributed by atoms with E-state index in [2.05, 4.69) is 4.74 Å². The van der Waals surface area contributed by atoms with Crippen molar-refractivity contribution < 1.29 is 28.6 Å². The van der Waals surface area contributed by atoms with E-state index in [1.165, 1.54) is 24.3 Å². The summed E-state index contributed by atoms with van der Waals surface area (Å²) in [5, 5.41) is 9.90. The normalized spacial score (nSPS) is 17.9. The third kappa shape index (κ3) is 2.57. The summed E-state index contributed by atoms with van der Waals surface area (Å²) in [5.41, 5.74) is -0.215. The highest BCUT2D eigenvalue weighted by Gasteiger charge is 2.44. The van der Waals surface area contributed by atoms with Crippen molar-refractivity contribution in [3.05, 3.63) is 47.0 Å². The first-order chi connectivity index (χ1) is 10.4. The fourth-order valence-corrected chi connectivity index (χ4v) is 2.40. The molecule has 0 saturated heterocycles. The number of hydrogen-bond acceptors (Lipinski definition) is 5. The molecule has 1 unspecified atom stereocenters. The zero-order valence-corrected chi connectivity index (χ0v) is 12.0. The fourth-order valence-electron chi connectivity index (χ4n) is 2.40. The number of halogens is 1. The molecule has 6 nitrogen and oxygen atoms in total. The number of aliphatic hydroxyl groups excluding tert-OH is 1. The molecule has 1 aliphatic rings. The number of rotatable bonds is 4. The molecule has 1 aromatic carbocycles. The lowest BCUT2D eigenvalue weighted by Crippen LogP contribution is -2.36. The van der Waals surface area contributed by atoms with Crippen LogP contribution in [0.3, 0.4) is 0 Å². The van der Waals surface area contributed by atoms with Crippen molar-refractivity contribution in [2.24, 2.45) is 0 Å². The number of ketones is 1. The van der Waals surface area contributed by atoms with E-state index in [1.807, 2.05) is 0 Å². The van der Waals surface area contributed by atoms with Crippen LogP contribution in [0.5, 0.6) is 0 Å². The van der Waals surface area contributed by atoms with Crippen LogP contribution in [-0.4, -0.2) is 41.3 Å². The molecule has 0 spiro atoms. The van der Waals surface area contributed by atoms with Crippen LogP contribution in [0.1, 0.15) is 18.5 Å². The number of methoxy groups -OCH3 is 1. The summed E-state index contributed by atoms with van der Waals surface area (Å²) in [6.45, 7) is 0.656. The van der Waals surface area contributed by atoms with Crippen LogP contribution in [0, 0.1) is 5.82 Å². The molecule has 0 bridgehead atoms. The van der Waals surface area contributed by atoms with E-state index in [0.717, 1.165) is 18.9 Å². The number of hydrogen-bond donors (Lipinski definition) is 1. The number of amides is 1. The molecular weight excluding hydrogens is 293 g/mol. The zero-order valence-electron chi connectivity index (χ0n) is 12.0. The Labute approximate surface area is 125 Å². The van der Waals surface area contributed by atoms with E-state index >= 15 is 0 Å². The molecule has 1 atom stereocenters. The minimum absolute atomic E-state index is 0.0222. The molecule has 2 rings (SSSR count). The Balaban J connectivity index is 2.56. The molecule has 116 valence electrons. The summed E-state index contributed by atoms with van der Waals surface area (Å²) in [6.07, 6.45) is 0. The van der Waals surface area contributed by atoms with Gasteiger partial charge in [0, 0.05) is 5.56 Å². The van der Waals surface area contributed by atoms with E-state index in [0.29, 0.717) is 0 Å². The van der Waals surface area contributed by atoms with E-state index in [9.17, 15) is 23.9 Å². The van der Waals surface area contributed by atoms with Gasteiger partial charge < -0.3 is 14.7 Å². The molecule has 1 amide bonds. The first-order valence-corrected chi connectivity index (χ1v) is 6.44. The van der Waals surface area contributed by atoms with Crippen LogP contribution >= 0.6 is 0 Å². The summed E-state index contributed by atoms with van der Waals surface area (Å²) in [7, 11) is 1.14. The van der Waals surface area contributed by atoms with Gasteiger partial charge in [-0.05, 0) is 13.0 Å². The van der Waals surface area contributed by atoms with E-state index in [4.69, 9.17) is 0 Å². The van der Waals surface area contributed by atoms with Crippen LogP contribution in [-0.2, 0) is 19.1 Å². The number of Topliss-reactive ketones (excluding diaryl/α,β-unsaturated/α-hetero) is 1. The zero-order chi connectivity index (χ0) is 16.4. The molecule has 0 aliphatic carbocycles. The molecule has 0 fully saturated rings. The predicted molar refractivity (Wildman–Crippen MR) is 73.2 cm³/mol. The number of nitrogens with zero attached hydrogens (tertiary/aromatic N) is 1. The van der Waals surface area contributed by atoms with E-state index in [1.54, 1.807) is 0 Å². The van der Waals surface area contributed by atoms with Gasteiger partial charge in [-0.1, -0.05) is 18.2 Å². The maximum Gasteiger partial charge on any atom is 0.325 e. The van der Waals surface area contributed by atoms with Gasteiger partial charge in [0.1, 0.15) is 12.4 Å². The number of benzene rings is 1. The first kappa shape index (κ1) is 15.7. The van der Waals surface area contributed by atoms with Gasteiger partial charge in [-0.15, -0.1) is 0 Å². The average Bonchev–Trinajstić information content (AvgIpc) is 2.72. The van der Waals surface area contributed by atoms with Crippen molar-refractivity contribution in [3.63, 3.8) is 0 Å². The Kier molecular flexibility index (Phi) is 4.25. The molecule has 7 heteroatoms. The molecule has 0 radical (unpaired) electrons. The highest BCUT2D eigenvalue weighted by atomic mass is 19.1.